The van der Waals surface area contributed by atoms with E-state index in [1.54, 1.807) is 0 Å². The summed E-state index contributed by atoms with van der Waals surface area (Å²) in [5.74, 6) is 0.906. The summed E-state index contributed by atoms with van der Waals surface area (Å²) in [6.45, 7) is 4.69. The minimum absolute atomic E-state index is 0.0832. The molecule has 0 radical (unpaired) electrons. The maximum absolute atomic E-state index is 11.5. The number of carbonyl (C=O) groups is 1. The molecule has 0 aliphatic rings. The van der Waals surface area contributed by atoms with E-state index in [1.807, 2.05) is 0 Å². The van der Waals surface area contributed by atoms with Crippen molar-refractivity contribution < 1.29 is 15.0 Å². The van der Waals surface area contributed by atoms with Crippen molar-refractivity contribution in [3.8, 4) is 0 Å². The van der Waals surface area contributed by atoms with Crippen molar-refractivity contribution in [2.24, 2.45) is 17.6 Å². The fraction of sp³-hybridized carbons (Fsp3) is 0.917. The molecule has 0 heterocycles. The molecular weight excluding hydrogens is 220 g/mol. The molecule has 0 aromatic heterocycles. The molecule has 0 aliphatic heterocycles. The summed E-state index contributed by atoms with van der Waals surface area (Å²) in [7, 11) is 0. The third kappa shape index (κ3) is 8.12. The molecule has 102 valence electrons. The average molecular weight is 246 g/mol. The van der Waals surface area contributed by atoms with Gasteiger partial charge in [-0.05, 0) is 31.2 Å². The molecule has 2 unspecified atom stereocenters. The van der Waals surface area contributed by atoms with Gasteiger partial charge >= 0.3 is 0 Å². The number of aliphatic hydroxyl groups excluding tert-OH is 2. The fourth-order valence-electron chi connectivity index (χ4n) is 1.73. The Morgan fingerprint density at radius 1 is 1.35 bits per heavy atom. The average Bonchev–Trinajstić information content (AvgIpc) is 2.30. The molecule has 2 atom stereocenters. The van der Waals surface area contributed by atoms with Crippen LogP contribution in [0.25, 0.3) is 0 Å². The Morgan fingerprint density at radius 3 is 2.47 bits per heavy atom. The third-order valence-electron chi connectivity index (χ3n) is 2.97. The molecule has 5 N–H and O–H groups in total. The smallest absolute Gasteiger partial charge is 0.220 e. The number of hydrogen-bond donors (Lipinski definition) is 4. The second-order valence-corrected chi connectivity index (χ2v) is 4.76. The predicted molar refractivity (Wildman–Crippen MR) is 67.3 cm³/mol. The maximum atomic E-state index is 11.5. The van der Waals surface area contributed by atoms with Gasteiger partial charge in [-0.15, -0.1) is 0 Å². The zero-order chi connectivity index (χ0) is 13.3. The second-order valence-electron chi connectivity index (χ2n) is 4.76. The first-order valence-electron chi connectivity index (χ1n) is 6.26. The molecule has 0 spiro atoms. The lowest BCUT2D eigenvalue weighted by Crippen LogP contribution is -2.34. The molecule has 5 heteroatoms. The minimum atomic E-state index is -0.871. The van der Waals surface area contributed by atoms with Crippen LogP contribution in [0.1, 0.15) is 33.1 Å². The van der Waals surface area contributed by atoms with Gasteiger partial charge in [-0.2, -0.15) is 0 Å². The summed E-state index contributed by atoms with van der Waals surface area (Å²) in [5, 5.41) is 20.3. The van der Waals surface area contributed by atoms with Gasteiger partial charge in [0.25, 0.3) is 0 Å². The van der Waals surface area contributed by atoms with Crippen LogP contribution in [0.4, 0.5) is 0 Å². The van der Waals surface area contributed by atoms with Gasteiger partial charge in [0.1, 0.15) is 0 Å². The second kappa shape index (κ2) is 9.39. The van der Waals surface area contributed by atoms with Gasteiger partial charge in [0.05, 0.1) is 12.7 Å². The maximum Gasteiger partial charge on any atom is 0.220 e. The minimum Gasteiger partial charge on any atom is -0.394 e. The van der Waals surface area contributed by atoms with Crippen molar-refractivity contribution in [1.29, 1.82) is 0 Å². The number of carbonyl (C=O) groups excluding carboxylic acids is 1. The highest BCUT2D eigenvalue weighted by atomic mass is 16.3. The Kier molecular flexibility index (Phi) is 9.03. The first kappa shape index (κ1) is 16.4. The van der Waals surface area contributed by atoms with Crippen LogP contribution >= 0.6 is 0 Å². The fourth-order valence-corrected chi connectivity index (χ4v) is 1.73. The lowest BCUT2D eigenvalue weighted by Gasteiger charge is -2.19. The van der Waals surface area contributed by atoms with Gasteiger partial charge in [-0.25, -0.2) is 0 Å². The van der Waals surface area contributed by atoms with Crippen LogP contribution in [-0.2, 0) is 4.79 Å². The molecule has 0 bridgehead atoms. The first-order chi connectivity index (χ1) is 8.01. The van der Waals surface area contributed by atoms with Crippen molar-refractivity contribution in [3.05, 3.63) is 0 Å². The van der Waals surface area contributed by atoms with E-state index in [9.17, 15) is 4.79 Å². The van der Waals surface area contributed by atoms with Crippen molar-refractivity contribution >= 4 is 5.91 Å². The van der Waals surface area contributed by atoms with E-state index in [0.29, 0.717) is 24.8 Å². The molecule has 0 rings (SSSR count). The zero-order valence-corrected chi connectivity index (χ0v) is 10.9. The van der Waals surface area contributed by atoms with Gasteiger partial charge in [0, 0.05) is 13.0 Å². The Labute approximate surface area is 103 Å². The largest absolute Gasteiger partial charge is 0.394 e. The van der Waals surface area contributed by atoms with E-state index in [1.165, 1.54) is 0 Å². The van der Waals surface area contributed by atoms with Gasteiger partial charge in [-0.3, -0.25) is 4.79 Å². The van der Waals surface area contributed by atoms with Gasteiger partial charge in [0.15, 0.2) is 0 Å². The predicted octanol–water partition coefficient (Wildman–Crippen LogP) is -0.143. The molecule has 5 nitrogen and oxygen atoms in total. The van der Waals surface area contributed by atoms with Crippen LogP contribution in [0.15, 0.2) is 0 Å². The number of nitrogens with one attached hydrogen (secondary N) is 1. The molecule has 0 saturated carbocycles. The lowest BCUT2D eigenvalue weighted by molar-refractivity contribution is -0.122. The standard InChI is InChI=1S/C12H26N2O3/c1-9(2)10(5-6-13)3-4-12(17)14-7-11(16)8-15/h9-11,15-16H,3-8,13H2,1-2H3,(H,14,17). The van der Waals surface area contributed by atoms with Crippen LogP contribution in [0, 0.1) is 11.8 Å². The first-order valence-corrected chi connectivity index (χ1v) is 6.26. The van der Waals surface area contributed by atoms with E-state index >= 15 is 0 Å². The summed E-state index contributed by atoms with van der Waals surface area (Å²) in [6, 6.07) is 0. The van der Waals surface area contributed by atoms with Crippen LogP contribution in [0.2, 0.25) is 0 Å². The van der Waals surface area contributed by atoms with E-state index in [-0.39, 0.29) is 19.1 Å². The highest BCUT2D eigenvalue weighted by Crippen LogP contribution is 2.20. The van der Waals surface area contributed by atoms with E-state index in [4.69, 9.17) is 15.9 Å². The van der Waals surface area contributed by atoms with E-state index in [0.717, 1.165) is 12.8 Å². The van der Waals surface area contributed by atoms with Gasteiger partial charge in [0.2, 0.25) is 5.91 Å². The summed E-state index contributed by atoms with van der Waals surface area (Å²) in [4.78, 5) is 11.5. The number of hydrogen-bond acceptors (Lipinski definition) is 4. The number of amides is 1. The summed E-state index contributed by atoms with van der Waals surface area (Å²) < 4.78 is 0. The summed E-state index contributed by atoms with van der Waals surface area (Å²) in [6.07, 6.45) is 1.32. The lowest BCUT2D eigenvalue weighted by atomic mass is 9.88. The number of aliphatic hydroxyl groups is 2. The van der Waals surface area contributed by atoms with Gasteiger partial charge < -0.3 is 21.3 Å². The number of rotatable bonds is 9. The van der Waals surface area contributed by atoms with Gasteiger partial charge in [-0.1, -0.05) is 13.8 Å². The Morgan fingerprint density at radius 2 is 2.00 bits per heavy atom. The third-order valence-corrected chi connectivity index (χ3v) is 2.97. The summed E-state index contributed by atoms with van der Waals surface area (Å²) >= 11 is 0. The van der Waals surface area contributed by atoms with Crippen molar-refractivity contribution in [3.63, 3.8) is 0 Å². The van der Waals surface area contributed by atoms with Crippen molar-refractivity contribution in [1.82, 2.24) is 5.32 Å². The van der Waals surface area contributed by atoms with Crippen LogP contribution in [0.5, 0.6) is 0 Å². The Bertz CT molecular complexity index is 210. The van der Waals surface area contributed by atoms with Crippen LogP contribution < -0.4 is 11.1 Å². The molecule has 0 aromatic rings. The molecule has 0 saturated heterocycles. The van der Waals surface area contributed by atoms with Crippen molar-refractivity contribution in [2.45, 2.75) is 39.2 Å². The normalized spacial score (nSPS) is 14.7. The molecular formula is C12H26N2O3. The quantitative estimate of drug-likeness (QED) is 0.455. The Balaban J connectivity index is 3.80. The monoisotopic (exact) mass is 246 g/mol. The van der Waals surface area contributed by atoms with Crippen LogP contribution in [-0.4, -0.2) is 41.9 Å². The van der Waals surface area contributed by atoms with Crippen LogP contribution in [0.3, 0.4) is 0 Å². The highest BCUT2D eigenvalue weighted by molar-refractivity contribution is 5.75. The highest BCUT2D eigenvalue weighted by Gasteiger charge is 2.14. The molecule has 0 aromatic carbocycles. The number of nitrogens with two attached hydrogens (primary N) is 1. The van der Waals surface area contributed by atoms with Crippen molar-refractivity contribution in [2.75, 3.05) is 19.7 Å². The zero-order valence-electron chi connectivity index (χ0n) is 10.9. The summed E-state index contributed by atoms with van der Waals surface area (Å²) in [5.41, 5.74) is 5.53. The molecule has 0 fully saturated rings. The molecule has 17 heavy (non-hydrogen) atoms. The topological polar surface area (TPSA) is 95.6 Å². The molecule has 0 aliphatic carbocycles. The molecule has 1 amide bonds. The SMILES string of the molecule is CC(C)C(CCN)CCC(=O)NCC(O)CO. The van der Waals surface area contributed by atoms with E-state index < -0.39 is 6.10 Å². The van der Waals surface area contributed by atoms with E-state index in [2.05, 4.69) is 19.2 Å². The Hall–Kier alpha value is -0.650.